The van der Waals surface area contributed by atoms with E-state index in [1.54, 1.807) is 72.8 Å². The molecule has 0 amide bonds. The van der Waals surface area contributed by atoms with E-state index in [4.69, 9.17) is 22.2 Å². The standard InChI is InChI=1S/C37H25B2N3O7/c1-42(2)26-11-9-25(10-12-26)41-40-24-7-3-21(4-8-24)32(43)20-33(44)22-5-14-29-28(17-22)36(45)48-37(29)30-15-6-23(39-46)18-34(30)47-35-19-27(49-38)13-16-31(35)37/h3-19H,20H2,1-2H3. The molecule has 7 rings (SSSR count). The van der Waals surface area contributed by atoms with Crippen LogP contribution < -0.4 is 19.8 Å². The number of benzene rings is 5. The van der Waals surface area contributed by atoms with Crippen molar-refractivity contribution >= 4 is 55.3 Å². The summed E-state index contributed by atoms with van der Waals surface area (Å²) in [6.45, 7) is 0. The summed E-state index contributed by atoms with van der Waals surface area (Å²) in [5.74, 6) is -0.570. The number of rotatable bonds is 9. The maximum atomic E-state index is 13.5. The number of fused-ring (bicyclic) bond motifs is 6. The Labute approximate surface area is 283 Å². The molecule has 0 saturated carbocycles. The third-order valence-corrected chi connectivity index (χ3v) is 8.55. The zero-order chi connectivity index (χ0) is 34.3. The van der Waals surface area contributed by atoms with E-state index in [0.717, 1.165) is 5.69 Å². The predicted octanol–water partition coefficient (Wildman–Crippen LogP) is 6.33. The molecule has 5 aromatic carbocycles. The first-order valence-electron chi connectivity index (χ1n) is 15.2. The van der Waals surface area contributed by atoms with Crippen LogP contribution in [0.15, 0.2) is 113 Å². The number of azo groups is 1. The van der Waals surface area contributed by atoms with Crippen molar-refractivity contribution in [2.75, 3.05) is 19.0 Å². The zero-order valence-corrected chi connectivity index (χ0v) is 26.4. The van der Waals surface area contributed by atoms with Gasteiger partial charge in [-0.1, -0.05) is 0 Å². The molecular weight excluding hydrogens is 620 g/mol. The molecule has 2 heterocycles. The molecule has 0 N–H and O–H groups in total. The van der Waals surface area contributed by atoms with Crippen LogP contribution in [0.2, 0.25) is 0 Å². The van der Waals surface area contributed by atoms with Crippen molar-refractivity contribution in [2.24, 2.45) is 10.2 Å². The first-order valence-corrected chi connectivity index (χ1v) is 15.2. The molecule has 2 radical (unpaired) electrons. The molecule has 1 spiro atoms. The quantitative estimate of drug-likeness (QED) is 0.0599. The number of esters is 1. The number of carbonyl (C=O) groups is 3. The molecular formula is C37H25B2N3O7. The molecule has 49 heavy (non-hydrogen) atoms. The first-order chi connectivity index (χ1) is 23.7. The van der Waals surface area contributed by atoms with E-state index >= 15 is 0 Å². The minimum atomic E-state index is -1.43. The van der Waals surface area contributed by atoms with Crippen molar-refractivity contribution in [3.8, 4) is 17.2 Å². The fourth-order valence-electron chi connectivity index (χ4n) is 6.04. The molecule has 0 aliphatic carbocycles. The van der Waals surface area contributed by atoms with Crippen LogP contribution in [-0.2, 0) is 15.0 Å². The third-order valence-electron chi connectivity index (χ3n) is 8.55. The Kier molecular flexibility index (Phi) is 7.99. The fourth-order valence-corrected chi connectivity index (χ4v) is 6.04. The van der Waals surface area contributed by atoms with Crippen molar-refractivity contribution in [3.05, 3.63) is 137 Å². The molecule has 0 aromatic heterocycles. The molecule has 10 nitrogen and oxygen atoms in total. The second-order valence-electron chi connectivity index (χ2n) is 11.8. The van der Waals surface area contributed by atoms with E-state index < -0.39 is 23.8 Å². The topological polar surface area (TPSA) is 124 Å². The molecule has 0 fully saturated rings. The Morgan fingerprint density at radius 3 is 2.02 bits per heavy atom. The Bertz CT molecular complexity index is 2200. The van der Waals surface area contributed by atoms with Gasteiger partial charge in [-0.25, -0.2) is 0 Å². The van der Waals surface area contributed by atoms with E-state index in [0.29, 0.717) is 63.5 Å². The molecule has 1 unspecified atom stereocenters. The number of carbonyl (C=O) groups excluding carboxylic acids is 3. The van der Waals surface area contributed by atoms with Crippen molar-refractivity contribution in [1.29, 1.82) is 0 Å². The second kappa shape index (κ2) is 12.5. The molecule has 2 aliphatic heterocycles. The molecule has 1 atom stereocenters. The van der Waals surface area contributed by atoms with Crippen molar-refractivity contribution in [1.82, 2.24) is 0 Å². The van der Waals surface area contributed by atoms with Crippen LogP contribution >= 0.6 is 0 Å². The van der Waals surface area contributed by atoms with Gasteiger partial charge in [0.15, 0.2) is 0 Å². The number of hydrogen-bond donors (Lipinski definition) is 0. The summed E-state index contributed by atoms with van der Waals surface area (Å²) in [5, 5.41) is 8.48. The van der Waals surface area contributed by atoms with Crippen LogP contribution in [0.4, 0.5) is 17.1 Å². The van der Waals surface area contributed by atoms with Gasteiger partial charge in [-0.2, -0.15) is 10.2 Å². The van der Waals surface area contributed by atoms with Gasteiger partial charge in [0, 0.05) is 25.3 Å². The van der Waals surface area contributed by atoms with E-state index in [-0.39, 0.29) is 16.9 Å². The molecule has 5 aromatic rings. The Morgan fingerprint density at radius 2 is 1.37 bits per heavy atom. The number of anilines is 1. The van der Waals surface area contributed by atoms with Gasteiger partial charge in [0.1, 0.15) is 0 Å². The van der Waals surface area contributed by atoms with Gasteiger partial charge in [-0.05, 0) is 48.5 Å². The van der Waals surface area contributed by atoms with Gasteiger partial charge in [0.25, 0.3) is 0 Å². The average Bonchev–Trinajstić information content (AvgIpc) is 3.41. The van der Waals surface area contributed by atoms with Crippen LogP contribution in [0.1, 0.15) is 54.2 Å². The van der Waals surface area contributed by atoms with Gasteiger partial charge in [-0.15, -0.1) is 0 Å². The number of nitrogens with zero attached hydrogens (tertiary/aromatic N) is 3. The predicted molar refractivity (Wildman–Crippen MR) is 182 cm³/mol. The first kappa shape index (κ1) is 31.4. The van der Waals surface area contributed by atoms with E-state index in [9.17, 15) is 19.1 Å². The van der Waals surface area contributed by atoms with E-state index in [2.05, 4.69) is 10.2 Å². The van der Waals surface area contributed by atoms with Crippen LogP contribution in [0.3, 0.4) is 0 Å². The normalized spacial score (nSPS) is 15.4. The Morgan fingerprint density at radius 1 is 0.776 bits per heavy atom. The van der Waals surface area contributed by atoms with Gasteiger partial charge in [-0.3, -0.25) is 4.79 Å². The molecule has 2 aliphatic rings. The van der Waals surface area contributed by atoms with Crippen molar-refractivity contribution in [2.45, 2.75) is 12.0 Å². The van der Waals surface area contributed by atoms with Crippen LogP contribution in [0.25, 0.3) is 0 Å². The minimum absolute atomic E-state index is 0.168. The fraction of sp³-hybridized carbons (Fsp3) is 0.108. The Balaban J connectivity index is 1.13. The summed E-state index contributed by atoms with van der Waals surface area (Å²) >= 11 is 0. The van der Waals surface area contributed by atoms with Crippen molar-refractivity contribution < 1.29 is 33.2 Å². The second-order valence-corrected chi connectivity index (χ2v) is 11.8. The SMILES string of the molecule is [B]Oc1ccc2c(c1)Oc1cc(B=O)ccc1C21OC(=O)c2cc(C(=O)CC(=O)c3ccc(N=Nc4ccc(N(C)C)cc4)cc3)ccc21. The molecule has 236 valence electrons. The summed E-state index contributed by atoms with van der Waals surface area (Å²) in [6, 6.07) is 28.5. The summed E-state index contributed by atoms with van der Waals surface area (Å²) in [7, 11) is 9.98. The van der Waals surface area contributed by atoms with Crippen LogP contribution in [0.5, 0.6) is 17.2 Å². The zero-order valence-electron chi connectivity index (χ0n) is 26.4. The summed E-state index contributed by atoms with van der Waals surface area (Å²) < 4.78 is 28.7. The number of Topliss-reactive ketones (excluding diaryl/α,β-unsaturated/α-hetero) is 2. The number of ketones is 2. The number of hydrogen-bond acceptors (Lipinski definition) is 10. The number of ether oxygens (including phenoxy) is 2. The van der Waals surface area contributed by atoms with Crippen LogP contribution in [0, 0.1) is 0 Å². The molecule has 0 bridgehead atoms. The summed E-state index contributed by atoms with van der Waals surface area (Å²) in [5.41, 5.74) is 3.39. The summed E-state index contributed by atoms with van der Waals surface area (Å²) in [4.78, 5) is 41.9. The van der Waals surface area contributed by atoms with E-state index in [1.807, 2.05) is 43.3 Å². The van der Waals surface area contributed by atoms with Gasteiger partial charge in [0.2, 0.25) is 0 Å². The maximum absolute atomic E-state index is 13.5. The molecule has 0 saturated heterocycles. The van der Waals surface area contributed by atoms with Crippen molar-refractivity contribution in [3.63, 3.8) is 0 Å². The summed E-state index contributed by atoms with van der Waals surface area (Å²) in [6.07, 6.45) is -0.409. The Hall–Kier alpha value is -6.16. The van der Waals surface area contributed by atoms with Gasteiger partial charge >= 0.3 is 178 Å². The third kappa shape index (κ3) is 5.61. The van der Waals surface area contributed by atoms with E-state index in [1.165, 1.54) is 6.07 Å². The average molecular weight is 645 g/mol. The van der Waals surface area contributed by atoms with Crippen LogP contribution in [-0.4, -0.2) is 46.8 Å². The molecule has 12 heteroatoms. The van der Waals surface area contributed by atoms with Gasteiger partial charge in [0.05, 0.1) is 11.4 Å². The monoisotopic (exact) mass is 645 g/mol. The van der Waals surface area contributed by atoms with Gasteiger partial charge < -0.3 is 4.90 Å².